The molecule has 0 unspecified atom stereocenters. The van der Waals surface area contributed by atoms with Gasteiger partial charge >= 0.3 is 6.03 Å². The highest BCUT2D eigenvalue weighted by Crippen LogP contribution is 2.09. The van der Waals surface area contributed by atoms with Gasteiger partial charge in [0.05, 0.1) is 13.1 Å². The van der Waals surface area contributed by atoms with E-state index in [1.807, 2.05) is 23.6 Å². The van der Waals surface area contributed by atoms with Gasteiger partial charge in [0.15, 0.2) is 5.82 Å². The molecule has 1 saturated heterocycles. The standard InChI is InChI=1S/C13H24N6O2.ClH/c1-3-18(4-2)13(20)19-7-5-17(6-8-19)10-11-15-12(9-14)21-16-11;/h3-10,14H2,1-2H3;1H. The van der Waals surface area contributed by atoms with Gasteiger partial charge < -0.3 is 20.1 Å². The van der Waals surface area contributed by atoms with E-state index >= 15 is 0 Å². The van der Waals surface area contributed by atoms with Gasteiger partial charge in [-0.25, -0.2) is 4.79 Å². The van der Waals surface area contributed by atoms with Crippen LogP contribution in [0.1, 0.15) is 25.6 Å². The van der Waals surface area contributed by atoms with Gasteiger partial charge in [0, 0.05) is 39.3 Å². The SMILES string of the molecule is CCN(CC)C(=O)N1CCN(Cc2noc(CN)n2)CC1.Cl. The molecule has 2 N–H and O–H groups in total. The maximum atomic E-state index is 12.2. The van der Waals surface area contributed by atoms with Crippen molar-refractivity contribution < 1.29 is 9.32 Å². The number of urea groups is 1. The van der Waals surface area contributed by atoms with E-state index in [1.54, 1.807) is 0 Å². The minimum Gasteiger partial charge on any atom is -0.338 e. The van der Waals surface area contributed by atoms with Crippen LogP contribution >= 0.6 is 12.4 Å². The molecular formula is C13H25ClN6O2. The molecular weight excluding hydrogens is 308 g/mol. The van der Waals surface area contributed by atoms with E-state index < -0.39 is 0 Å². The molecule has 1 fully saturated rings. The van der Waals surface area contributed by atoms with E-state index in [0.717, 1.165) is 39.3 Å². The second-order valence-electron chi connectivity index (χ2n) is 5.03. The first-order valence-electron chi connectivity index (χ1n) is 7.45. The second kappa shape index (κ2) is 8.92. The minimum absolute atomic E-state index is 0. The van der Waals surface area contributed by atoms with Gasteiger partial charge in [0.25, 0.3) is 0 Å². The highest BCUT2D eigenvalue weighted by molar-refractivity contribution is 5.85. The number of halogens is 1. The smallest absolute Gasteiger partial charge is 0.320 e. The molecule has 2 amide bonds. The Labute approximate surface area is 137 Å². The highest BCUT2D eigenvalue weighted by Gasteiger charge is 2.24. The highest BCUT2D eigenvalue weighted by atomic mass is 35.5. The number of hydrogen-bond acceptors (Lipinski definition) is 6. The summed E-state index contributed by atoms with van der Waals surface area (Å²) in [6.45, 7) is 9.51. The molecule has 0 aromatic carbocycles. The molecule has 1 aromatic heterocycles. The lowest BCUT2D eigenvalue weighted by Crippen LogP contribution is -2.52. The number of aromatic nitrogens is 2. The van der Waals surface area contributed by atoms with Crippen molar-refractivity contribution in [2.45, 2.75) is 26.9 Å². The molecule has 1 aliphatic rings. The molecule has 0 aliphatic carbocycles. The predicted octanol–water partition coefficient (Wildman–Crippen LogP) is 0.530. The lowest BCUT2D eigenvalue weighted by molar-refractivity contribution is 0.110. The van der Waals surface area contributed by atoms with Crippen LogP contribution in [-0.4, -0.2) is 70.1 Å². The van der Waals surface area contributed by atoms with Crippen molar-refractivity contribution in [3.05, 3.63) is 11.7 Å². The van der Waals surface area contributed by atoms with Gasteiger partial charge in [0.1, 0.15) is 0 Å². The van der Waals surface area contributed by atoms with Crippen molar-refractivity contribution in [3.8, 4) is 0 Å². The quantitative estimate of drug-likeness (QED) is 0.845. The van der Waals surface area contributed by atoms with Gasteiger partial charge in [0.2, 0.25) is 5.89 Å². The summed E-state index contributed by atoms with van der Waals surface area (Å²) in [5, 5.41) is 3.89. The Morgan fingerprint density at radius 2 is 1.91 bits per heavy atom. The third kappa shape index (κ3) is 4.56. The molecule has 126 valence electrons. The zero-order valence-corrected chi connectivity index (χ0v) is 14.0. The van der Waals surface area contributed by atoms with Crippen molar-refractivity contribution >= 4 is 18.4 Å². The van der Waals surface area contributed by atoms with Crippen LogP contribution < -0.4 is 5.73 Å². The van der Waals surface area contributed by atoms with Crippen LogP contribution in [0.5, 0.6) is 0 Å². The molecule has 9 heteroatoms. The number of rotatable bonds is 5. The average molecular weight is 333 g/mol. The summed E-state index contributed by atoms with van der Waals surface area (Å²) >= 11 is 0. The first-order valence-corrected chi connectivity index (χ1v) is 7.45. The van der Waals surface area contributed by atoms with Crippen molar-refractivity contribution in [2.75, 3.05) is 39.3 Å². The van der Waals surface area contributed by atoms with Gasteiger partial charge in [-0.3, -0.25) is 4.90 Å². The zero-order valence-electron chi connectivity index (χ0n) is 13.2. The van der Waals surface area contributed by atoms with Crippen molar-refractivity contribution in [1.29, 1.82) is 0 Å². The summed E-state index contributed by atoms with van der Waals surface area (Å²) in [6.07, 6.45) is 0. The molecule has 1 aliphatic heterocycles. The van der Waals surface area contributed by atoms with E-state index in [4.69, 9.17) is 10.3 Å². The topological polar surface area (TPSA) is 91.7 Å². The van der Waals surface area contributed by atoms with Gasteiger partial charge in [-0.2, -0.15) is 4.98 Å². The lowest BCUT2D eigenvalue weighted by atomic mass is 10.3. The number of piperazine rings is 1. The van der Waals surface area contributed by atoms with E-state index in [0.29, 0.717) is 18.3 Å². The summed E-state index contributed by atoms with van der Waals surface area (Å²) in [5.74, 6) is 1.11. The maximum absolute atomic E-state index is 12.2. The third-order valence-corrected chi connectivity index (χ3v) is 3.73. The summed E-state index contributed by atoms with van der Waals surface area (Å²) in [5.41, 5.74) is 5.44. The van der Waals surface area contributed by atoms with Crippen LogP contribution in [0.25, 0.3) is 0 Å². The fourth-order valence-corrected chi connectivity index (χ4v) is 2.43. The van der Waals surface area contributed by atoms with Crippen LogP contribution in [0.2, 0.25) is 0 Å². The molecule has 0 radical (unpaired) electrons. The molecule has 2 rings (SSSR count). The normalized spacial score (nSPS) is 15.5. The van der Waals surface area contributed by atoms with Gasteiger partial charge in [-0.05, 0) is 13.8 Å². The predicted molar refractivity (Wildman–Crippen MR) is 84.6 cm³/mol. The van der Waals surface area contributed by atoms with Gasteiger partial charge in [-0.15, -0.1) is 12.4 Å². The molecule has 0 saturated carbocycles. The summed E-state index contributed by atoms with van der Waals surface area (Å²) in [4.78, 5) is 22.4. The fourth-order valence-electron chi connectivity index (χ4n) is 2.43. The molecule has 1 aromatic rings. The summed E-state index contributed by atoms with van der Waals surface area (Å²) < 4.78 is 4.99. The zero-order chi connectivity index (χ0) is 15.2. The van der Waals surface area contributed by atoms with E-state index in [1.165, 1.54) is 0 Å². The Morgan fingerprint density at radius 1 is 1.27 bits per heavy atom. The summed E-state index contributed by atoms with van der Waals surface area (Å²) in [6, 6.07) is 0.129. The largest absolute Gasteiger partial charge is 0.338 e. The molecule has 8 nitrogen and oxygen atoms in total. The minimum atomic E-state index is 0. The number of carbonyl (C=O) groups is 1. The monoisotopic (exact) mass is 332 g/mol. The number of amides is 2. The number of nitrogens with two attached hydrogens (primary N) is 1. The molecule has 22 heavy (non-hydrogen) atoms. The van der Waals surface area contributed by atoms with Gasteiger partial charge in [-0.1, -0.05) is 5.16 Å². The molecule has 0 bridgehead atoms. The van der Waals surface area contributed by atoms with E-state index in [-0.39, 0.29) is 25.0 Å². The first-order chi connectivity index (χ1) is 10.2. The van der Waals surface area contributed by atoms with E-state index in [9.17, 15) is 4.79 Å². The Morgan fingerprint density at radius 3 is 2.41 bits per heavy atom. The Bertz CT molecular complexity index is 457. The van der Waals surface area contributed by atoms with Crippen molar-refractivity contribution in [2.24, 2.45) is 5.73 Å². The van der Waals surface area contributed by atoms with Crippen LogP contribution in [0.4, 0.5) is 4.79 Å². The van der Waals surface area contributed by atoms with Crippen LogP contribution in [0.15, 0.2) is 4.52 Å². The van der Waals surface area contributed by atoms with Crippen LogP contribution in [-0.2, 0) is 13.1 Å². The molecule has 2 heterocycles. The second-order valence-corrected chi connectivity index (χ2v) is 5.03. The van der Waals surface area contributed by atoms with E-state index in [2.05, 4.69) is 15.0 Å². The first kappa shape index (κ1) is 18.7. The molecule has 0 atom stereocenters. The average Bonchev–Trinajstić information content (AvgIpc) is 2.97. The summed E-state index contributed by atoms with van der Waals surface area (Å²) in [7, 11) is 0. The lowest BCUT2D eigenvalue weighted by Gasteiger charge is -2.36. The van der Waals surface area contributed by atoms with Crippen LogP contribution in [0.3, 0.4) is 0 Å². The van der Waals surface area contributed by atoms with Crippen LogP contribution in [0, 0.1) is 0 Å². The number of hydrogen-bond donors (Lipinski definition) is 1. The fraction of sp³-hybridized carbons (Fsp3) is 0.769. The maximum Gasteiger partial charge on any atom is 0.320 e. The Hall–Kier alpha value is -1.38. The Balaban J connectivity index is 0.00000242. The van der Waals surface area contributed by atoms with Crippen molar-refractivity contribution in [3.63, 3.8) is 0 Å². The number of carbonyl (C=O) groups excluding carboxylic acids is 1. The molecule has 0 spiro atoms. The van der Waals surface area contributed by atoms with Crippen molar-refractivity contribution in [1.82, 2.24) is 24.8 Å². The Kier molecular flexibility index (Phi) is 7.57. The third-order valence-electron chi connectivity index (χ3n) is 3.73. The number of nitrogens with zero attached hydrogens (tertiary/aromatic N) is 5.